The minimum Gasteiger partial charge on any atom is -0.369 e. The highest BCUT2D eigenvalue weighted by Gasteiger charge is 2.27. The Bertz CT molecular complexity index is 1250. The molecule has 0 radical (unpaired) electrons. The van der Waals surface area contributed by atoms with Gasteiger partial charge in [-0.15, -0.1) is 0 Å². The van der Waals surface area contributed by atoms with Crippen LogP contribution >= 0.6 is 0 Å². The van der Waals surface area contributed by atoms with E-state index in [-0.39, 0.29) is 10.9 Å². The van der Waals surface area contributed by atoms with Crippen LogP contribution in [0.5, 0.6) is 0 Å². The molecule has 0 bridgehead atoms. The molecule has 156 valence electrons. The van der Waals surface area contributed by atoms with Crippen molar-refractivity contribution in [1.29, 1.82) is 5.26 Å². The largest absolute Gasteiger partial charge is 0.369 e. The molecule has 1 saturated heterocycles. The van der Waals surface area contributed by atoms with Gasteiger partial charge in [0.2, 0.25) is 0 Å². The Balaban J connectivity index is 1.29. The standard InChI is InChI=1S/C24H22FN5O/c25-18-12-21-23(27-15-18)13-22(28-24(21)31)17-3-6-20(11-17)30-9-7-29(8-10-30)19-4-1-16(14-26)2-5-19/h1-2,4-5,11-13,15,20H,3,6-10H2,(H,28,31)/t20-/m0/s1. The van der Waals surface area contributed by atoms with Gasteiger partial charge >= 0.3 is 0 Å². The molecule has 31 heavy (non-hydrogen) atoms. The number of allylic oxidation sites excluding steroid dienone is 1. The van der Waals surface area contributed by atoms with E-state index in [0.29, 0.717) is 17.1 Å². The van der Waals surface area contributed by atoms with Crippen molar-refractivity contribution in [3.63, 3.8) is 0 Å². The zero-order valence-corrected chi connectivity index (χ0v) is 17.0. The smallest absolute Gasteiger partial charge is 0.257 e. The van der Waals surface area contributed by atoms with Gasteiger partial charge in [-0.25, -0.2) is 4.39 Å². The van der Waals surface area contributed by atoms with E-state index in [4.69, 9.17) is 5.26 Å². The van der Waals surface area contributed by atoms with Crippen LogP contribution in [0.4, 0.5) is 10.1 Å². The second-order valence-corrected chi connectivity index (χ2v) is 8.08. The molecule has 2 aromatic heterocycles. The molecule has 3 aromatic rings. The van der Waals surface area contributed by atoms with Gasteiger partial charge in [-0.05, 0) is 54.8 Å². The summed E-state index contributed by atoms with van der Waals surface area (Å²) in [5.41, 5.74) is 3.93. The van der Waals surface area contributed by atoms with Gasteiger partial charge in [0.15, 0.2) is 0 Å². The Morgan fingerprint density at radius 2 is 1.90 bits per heavy atom. The van der Waals surface area contributed by atoms with Crippen molar-refractivity contribution >= 4 is 22.2 Å². The lowest BCUT2D eigenvalue weighted by Crippen LogP contribution is -2.49. The van der Waals surface area contributed by atoms with Gasteiger partial charge in [0.1, 0.15) is 5.82 Å². The number of nitrogens with zero attached hydrogens (tertiary/aromatic N) is 4. The molecular weight excluding hydrogens is 393 g/mol. The SMILES string of the molecule is N#Cc1ccc(N2CCN([C@@H]3C=C(c4cc5ncc(F)cc5c(=O)[nH]4)CC3)CC2)cc1. The molecule has 6 nitrogen and oxygen atoms in total. The minimum absolute atomic E-state index is 0.276. The lowest BCUT2D eigenvalue weighted by molar-refractivity contribution is 0.214. The van der Waals surface area contributed by atoms with Crippen molar-refractivity contribution in [1.82, 2.24) is 14.9 Å². The lowest BCUT2D eigenvalue weighted by Gasteiger charge is -2.38. The number of hydrogen-bond acceptors (Lipinski definition) is 5. The molecule has 0 spiro atoms. The molecule has 0 unspecified atom stereocenters. The van der Waals surface area contributed by atoms with E-state index >= 15 is 0 Å². The van der Waals surface area contributed by atoms with Gasteiger partial charge in [-0.3, -0.25) is 14.7 Å². The van der Waals surface area contributed by atoms with Gasteiger partial charge < -0.3 is 9.88 Å². The topological polar surface area (TPSA) is 76.0 Å². The summed E-state index contributed by atoms with van der Waals surface area (Å²) in [4.78, 5) is 24.2. The van der Waals surface area contributed by atoms with E-state index in [0.717, 1.165) is 62.2 Å². The Hall–Kier alpha value is -3.50. The quantitative estimate of drug-likeness (QED) is 0.710. The van der Waals surface area contributed by atoms with Crippen molar-refractivity contribution in [3.05, 3.63) is 76.1 Å². The van der Waals surface area contributed by atoms with Gasteiger partial charge in [0, 0.05) is 43.6 Å². The Labute approximate surface area is 179 Å². The monoisotopic (exact) mass is 415 g/mol. The number of nitrogens with one attached hydrogen (secondary N) is 1. The van der Waals surface area contributed by atoms with Crippen LogP contribution in [-0.2, 0) is 0 Å². The van der Waals surface area contributed by atoms with Crippen molar-refractivity contribution in [2.75, 3.05) is 31.1 Å². The number of pyridine rings is 2. The van der Waals surface area contributed by atoms with Crippen LogP contribution in [0.1, 0.15) is 24.1 Å². The fourth-order valence-corrected chi connectivity index (χ4v) is 4.56. The Morgan fingerprint density at radius 1 is 1.13 bits per heavy atom. The Kier molecular flexibility index (Phi) is 5.00. The van der Waals surface area contributed by atoms with Crippen molar-refractivity contribution in [3.8, 4) is 6.07 Å². The molecule has 3 heterocycles. The molecule has 1 fully saturated rings. The number of fused-ring (bicyclic) bond motifs is 1. The third-order valence-electron chi connectivity index (χ3n) is 6.25. The van der Waals surface area contributed by atoms with Crippen LogP contribution in [0.15, 0.2) is 53.5 Å². The fourth-order valence-electron chi connectivity index (χ4n) is 4.56. The van der Waals surface area contributed by atoms with Gasteiger partial charge in [0.25, 0.3) is 5.56 Å². The first-order valence-electron chi connectivity index (χ1n) is 10.5. The number of H-pyrrole nitrogens is 1. The third-order valence-corrected chi connectivity index (χ3v) is 6.25. The fraction of sp³-hybridized carbons (Fsp3) is 0.292. The van der Waals surface area contributed by atoms with E-state index in [1.807, 2.05) is 30.3 Å². The average Bonchev–Trinajstić information content (AvgIpc) is 3.30. The predicted molar refractivity (Wildman–Crippen MR) is 118 cm³/mol. The lowest BCUT2D eigenvalue weighted by atomic mass is 10.1. The number of nitriles is 1. The molecule has 1 aromatic carbocycles. The molecule has 1 atom stereocenters. The summed E-state index contributed by atoms with van der Waals surface area (Å²) in [6, 6.07) is 13.3. The highest BCUT2D eigenvalue weighted by molar-refractivity contribution is 5.81. The molecule has 1 aliphatic carbocycles. The van der Waals surface area contributed by atoms with Crippen LogP contribution in [0.2, 0.25) is 0 Å². The first-order chi connectivity index (χ1) is 15.1. The second kappa shape index (κ2) is 7.97. The van der Waals surface area contributed by atoms with Gasteiger partial charge in [0.05, 0.1) is 28.7 Å². The maximum absolute atomic E-state index is 13.4. The summed E-state index contributed by atoms with van der Waals surface area (Å²) in [5.74, 6) is -0.508. The molecule has 2 aliphatic rings. The molecule has 0 amide bonds. The van der Waals surface area contributed by atoms with Crippen LogP contribution < -0.4 is 10.5 Å². The second-order valence-electron chi connectivity index (χ2n) is 8.08. The molecule has 5 rings (SSSR count). The summed E-state index contributed by atoms with van der Waals surface area (Å²) >= 11 is 0. The van der Waals surface area contributed by atoms with Crippen molar-refractivity contribution in [2.45, 2.75) is 18.9 Å². The number of aromatic nitrogens is 2. The summed E-state index contributed by atoms with van der Waals surface area (Å²) in [6.07, 6.45) is 5.30. The molecule has 0 saturated carbocycles. The zero-order chi connectivity index (χ0) is 21.4. The number of benzene rings is 1. The van der Waals surface area contributed by atoms with E-state index in [1.54, 1.807) is 0 Å². The van der Waals surface area contributed by atoms with E-state index in [2.05, 4.69) is 31.9 Å². The van der Waals surface area contributed by atoms with Crippen LogP contribution in [0.25, 0.3) is 16.5 Å². The van der Waals surface area contributed by atoms with E-state index < -0.39 is 5.82 Å². The summed E-state index contributed by atoms with van der Waals surface area (Å²) in [6.45, 7) is 3.80. The first-order valence-corrected chi connectivity index (χ1v) is 10.5. The predicted octanol–water partition coefficient (Wildman–Crippen LogP) is 3.30. The maximum atomic E-state index is 13.4. The molecular formula is C24H22FN5O. The number of piperazine rings is 1. The number of aromatic amines is 1. The van der Waals surface area contributed by atoms with Crippen molar-refractivity contribution < 1.29 is 4.39 Å². The van der Waals surface area contributed by atoms with Crippen LogP contribution in [0, 0.1) is 17.1 Å². The average molecular weight is 415 g/mol. The van der Waals surface area contributed by atoms with Gasteiger partial charge in [-0.1, -0.05) is 6.08 Å². The zero-order valence-electron chi connectivity index (χ0n) is 17.0. The number of anilines is 1. The first kappa shape index (κ1) is 19.5. The van der Waals surface area contributed by atoms with Crippen LogP contribution in [-0.4, -0.2) is 47.1 Å². The van der Waals surface area contributed by atoms with E-state index in [9.17, 15) is 9.18 Å². The Morgan fingerprint density at radius 3 is 2.65 bits per heavy atom. The van der Waals surface area contributed by atoms with Gasteiger partial charge in [-0.2, -0.15) is 5.26 Å². The molecule has 1 N–H and O–H groups in total. The summed E-state index contributed by atoms with van der Waals surface area (Å²) in [7, 11) is 0. The normalized spacial score (nSPS) is 19.4. The highest BCUT2D eigenvalue weighted by Crippen LogP contribution is 2.31. The number of hydrogen-bond donors (Lipinski definition) is 1. The molecule has 1 aliphatic heterocycles. The minimum atomic E-state index is -0.508. The molecule has 7 heteroatoms. The third kappa shape index (κ3) is 3.82. The summed E-state index contributed by atoms with van der Waals surface area (Å²) in [5, 5.41) is 9.24. The summed E-state index contributed by atoms with van der Waals surface area (Å²) < 4.78 is 13.4. The van der Waals surface area contributed by atoms with Crippen molar-refractivity contribution in [2.24, 2.45) is 0 Å². The number of halogens is 1. The van der Waals surface area contributed by atoms with E-state index in [1.165, 1.54) is 6.07 Å². The highest BCUT2D eigenvalue weighted by atomic mass is 19.1. The van der Waals surface area contributed by atoms with Crippen LogP contribution in [0.3, 0.4) is 0 Å². The maximum Gasteiger partial charge on any atom is 0.257 e. The number of rotatable bonds is 3.